The fraction of sp³-hybridized carbons (Fsp3) is 0.208. The molecule has 0 unspecified atom stereocenters. The second-order valence-corrected chi connectivity index (χ2v) is 6.71. The van der Waals surface area contributed by atoms with E-state index >= 15 is 0 Å². The van der Waals surface area contributed by atoms with Crippen molar-refractivity contribution >= 4 is 23.0 Å². The van der Waals surface area contributed by atoms with Gasteiger partial charge in [-0.25, -0.2) is 0 Å². The first kappa shape index (κ1) is 18.7. The predicted molar refractivity (Wildman–Crippen MR) is 114 cm³/mol. The molecular formula is C24H26N2O. The largest absolute Gasteiger partial charge is 0.356 e. The van der Waals surface area contributed by atoms with Gasteiger partial charge < -0.3 is 10.6 Å². The molecule has 0 fully saturated rings. The van der Waals surface area contributed by atoms with Gasteiger partial charge in [-0.3, -0.25) is 4.79 Å². The Balaban J connectivity index is 1.51. The van der Waals surface area contributed by atoms with Crippen LogP contribution in [0, 0.1) is 0 Å². The van der Waals surface area contributed by atoms with Gasteiger partial charge in [0.15, 0.2) is 0 Å². The number of anilines is 3. The number of hydrogen-bond donors (Lipinski definition) is 2. The van der Waals surface area contributed by atoms with Crippen molar-refractivity contribution in [1.82, 2.24) is 0 Å². The number of benzene rings is 3. The van der Waals surface area contributed by atoms with Crippen molar-refractivity contribution in [2.75, 3.05) is 10.6 Å². The van der Waals surface area contributed by atoms with E-state index in [-0.39, 0.29) is 5.91 Å². The molecule has 0 bridgehead atoms. The van der Waals surface area contributed by atoms with Crippen LogP contribution in [0.5, 0.6) is 0 Å². The highest BCUT2D eigenvalue weighted by Crippen LogP contribution is 2.19. The number of para-hydroxylation sites is 1. The predicted octanol–water partition coefficient (Wildman–Crippen LogP) is 5.95. The summed E-state index contributed by atoms with van der Waals surface area (Å²) in [7, 11) is 0. The first-order valence-corrected chi connectivity index (χ1v) is 9.53. The molecule has 0 aliphatic heterocycles. The molecule has 0 atom stereocenters. The second-order valence-electron chi connectivity index (χ2n) is 6.71. The summed E-state index contributed by atoms with van der Waals surface area (Å²) >= 11 is 0. The number of carbonyl (C=O) groups excluding carboxylic acids is 1. The van der Waals surface area contributed by atoms with E-state index in [1.807, 2.05) is 54.6 Å². The van der Waals surface area contributed by atoms with Crippen LogP contribution in [-0.4, -0.2) is 5.91 Å². The minimum absolute atomic E-state index is 0.0000711. The summed E-state index contributed by atoms with van der Waals surface area (Å²) in [6.45, 7) is 2.20. The zero-order valence-electron chi connectivity index (χ0n) is 15.7. The minimum Gasteiger partial charge on any atom is -0.356 e. The maximum Gasteiger partial charge on any atom is 0.228 e. The van der Waals surface area contributed by atoms with Crippen LogP contribution in [-0.2, 0) is 17.6 Å². The molecule has 0 radical (unpaired) electrons. The molecule has 3 heteroatoms. The highest BCUT2D eigenvalue weighted by Gasteiger charge is 2.05. The molecule has 138 valence electrons. The van der Waals surface area contributed by atoms with Gasteiger partial charge in [0.05, 0.1) is 6.42 Å². The first-order chi connectivity index (χ1) is 13.2. The van der Waals surface area contributed by atoms with Crippen molar-refractivity contribution in [3.63, 3.8) is 0 Å². The highest BCUT2D eigenvalue weighted by molar-refractivity contribution is 5.92. The Morgan fingerprint density at radius 2 is 1.33 bits per heavy atom. The first-order valence-electron chi connectivity index (χ1n) is 9.53. The molecule has 27 heavy (non-hydrogen) atoms. The van der Waals surface area contributed by atoms with Crippen LogP contribution in [0.2, 0.25) is 0 Å². The molecule has 0 saturated heterocycles. The average molecular weight is 358 g/mol. The number of amides is 1. The summed E-state index contributed by atoms with van der Waals surface area (Å²) in [5.74, 6) is 0.0000711. The summed E-state index contributed by atoms with van der Waals surface area (Å²) in [5, 5.41) is 6.29. The van der Waals surface area contributed by atoms with Crippen LogP contribution in [0.15, 0.2) is 78.9 Å². The summed E-state index contributed by atoms with van der Waals surface area (Å²) in [5.41, 5.74) is 5.20. The van der Waals surface area contributed by atoms with Crippen LogP contribution in [0.25, 0.3) is 0 Å². The standard InChI is InChI=1S/C24H26N2O/c1-2-3-7-19-10-12-20(13-11-19)18-24(27)26-23-16-14-22(15-17-23)25-21-8-5-4-6-9-21/h4-6,8-17,25H,2-3,7,18H2,1H3,(H,26,27). The van der Waals surface area contributed by atoms with Crippen molar-refractivity contribution in [3.05, 3.63) is 90.0 Å². The molecule has 0 aliphatic carbocycles. The van der Waals surface area contributed by atoms with E-state index in [1.54, 1.807) is 0 Å². The fourth-order valence-corrected chi connectivity index (χ4v) is 2.92. The Bertz CT molecular complexity index is 840. The van der Waals surface area contributed by atoms with E-state index in [4.69, 9.17) is 0 Å². The molecule has 0 aliphatic rings. The van der Waals surface area contributed by atoms with Crippen LogP contribution in [0.1, 0.15) is 30.9 Å². The van der Waals surface area contributed by atoms with Crippen molar-refractivity contribution in [2.45, 2.75) is 32.6 Å². The van der Waals surface area contributed by atoms with Crippen LogP contribution in [0.4, 0.5) is 17.1 Å². The van der Waals surface area contributed by atoms with E-state index in [2.05, 4.69) is 41.8 Å². The lowest BCUT2D eigenvalue weighted by Crippen LogP contribution is -2.14. The van der Waals surface area contributed by atoms with Gasteiger partial charge >= 0.3 is 0 Å². The fourth-order valence-electron chi connectivity index (χ4n) is 2.92. The van der Waals surface area contributed by atoms with Gasteiger partial charge in [-0.2, -0.15) is 0 Å². The third kappa shape index (κ3) is 6.00. The highest BCUT2D eigenvalue weighted by atomic mass is 16.1. The van der Waals surface area contributed by atoms with Gasteiger partial charge in [-0.15, -0.1) is 0 Å². The zero-order valence-corrected chi connectivity index (χ0v) is 15.7. The lowest BCUT2D eigenvalue weighted by Gasteiger charge is -2.09. The van der Waals surface area contributed by atoms with E-state index in [9.17, 15) is 4.79 Å². The van der Waals surface area contributed by atoms with E-state index < -0.39 is 0 Å². The van der Waals surface area contributed by atoms with Crippen molar-refractivity contribution in [2.24, 2.45) is 0 Å². The summed E-state index contributed by atoms with van der Waals surface area (Å²) in [4.78, 5) is 12.3. The molecular weight excluding hydrogens is 332 g/mol. The Labute approximate surface area is 161 Å². The van der Waals surface area contributed by atoms with E-state index in [0.717, 1.165) is 29.0 Å². The molecule has 1 amide bonds. The monoisotopic (exact) mass is 358 g/mol. The third-order valence-corrected chi connectivity index (χ3v) is 4.44. The Kier molecular flexibility index (Phi) is 6.64. The van der Waals surface area contributed by atoms with E-state index in [0.29, 0.717) is 6.42 Å². The number of nitrogens with one attached hydrogen (secondary N) is 2. The van der Waals surface area contributed by atoms with Crippen LogP contribution in [0.3, 0.4) is 0 Å². The topological polar surface area (TPSA) is 41.1 Å². The number of rotatable bonds is 8. The smallest absolute Gasteiger partial charge is 0.228 e. The maximum atomic E-state index is 12.3. The van der Waals surface area contributed by atoms with Gasteiger partial charge in [0.1, 0.15) is 0 Å². The van der Waals surface area contributed by atoms with Crippen LogP contribution >= 0.6 is 0 Å². The maximum absolute atomic E-state index is 12.3. The molecule has 2 N–H and O–H groups in total. The number of unbranched alkanes of at least 4 members (excludes halogenated alkanes) is 1. The summed E-state index contributed by atoms with van der Waals surface area (Å²) in [6.07, 6.45) is 3.89. The second kappa shape index (κ2) is 9.58. The quantitative estimate of drug-likeness (QED) is 0.522. The molecule has 0 aromatic heterocycles. The van der Waals surface area contributed by atoms with Gasteiger partial charge in [0.2, 0.25) is 5.91 Å². The molecule has 3 rings (SSSR count). The van der Waals surface area contributed by atoms with Crippen LogP contribution < -0.4 is 10.6 Å². The normalized spacial score (nSPS) is 10.4. The number of hydrogen-bond acceptors (Lipinski definition) is 2. The molecule has 0 heterocycles. The zero-order chi connectivity index (χ0) is 18.9. The SMILES string of the molecule is CCCCc1ccc(CC(=O)Nc2ccc(Nc3ccccc3)cc2)cc1. The van der Waals surface area contributed by atoms with Crippen molar-refractivity contribution < 1.29 is 4.79 Å². The molecule has 0 saturated carbocycles. The molecule has 3 aromatic carbocycles. The number of aryl methyl sites for hydroxylation is 1. The molecule has 3 nitrogen and oxygen atoms in total. The molecule has 0 spiro atoms. The lowest BCUT2D eigenvalue weighted by molar-refractivity contribution is -0.115. The third-order valence-electron chi connectivity index (χ3n) is 4.44. The van der Waals surface area contributed by atoms with Gasteiger partial charge in [-0.05, 0) is 60.4 Å². The summed E-state index contributed by atoms with van der Waals surface area (Å²) < 4.78 is 0. The van der Waals surface area contributed by atoms with E-state index in [1.165, 1.54) is 18.4 Å². The Morgan fingerprint density at radius 3 is 2.00 bits per heavy atom. The lowest BCUT2D eigenvalue weighted by atomic mass is 10.0. The number of carbonyl (C=O) groups is 1. The Hall–Kier alpha value is -3.07. The average Bonchev–Trinajstić information content (AvgIpc) is 2.70. The van der Waals surface area contributed by atoms with Gasteiger partial charge in [-0.1, -0.05) is 55.8 Å². The summed E-state index contributed by atoms with van der Waals surface area (Å²) in [6, 6.07) is 26.1. The minimum atomic E-state index is 0.0000711. The van der Waals surface area contributed by atoms with Gasteiger partial charge in [0.25, 0.3) is 0 Å². The Morgan fingerprint density at radius 1 is 0.741 bits per heavy atom. The molecule has 3 aromatic rings. The van der Waals surface area contributed by atoms with Crippen molar-refractivity contribution in [3.8, 4) is 0 Å². The van der Waals surface area contributed by atoms with Crippen molar-refractivity contribution in [1.29, 1.82) is 0 Å². The van der Waals surface area contributed by atoms with Gasteiger partial charge in [0, 0.05) is 17.1 Å².